The summed E-state index contributed by atoms with van der Waals surface area (Å²) in [5.74, 6) is 0. The van der Waals surface area contributed by atoms with Gasteiger partial charge < -0.3 is 10.6 Å². The molecule has 0 saturated carbocycles. The number of benzene rings is 1. The van der Waals surface area contributed by atoms with E-state index in [0.29, 0.717) is 5.13 Å². The molecule has 0 amide bonds. The highest BCUT2D eigenvalue weighted by Crippen LogP contribution is 2.33. The third kappa shape index (κ3) is 1.89. The van der Waals surface area contributed by atoms with Crippen LogP contribution in [0.3, 0.4) is 0 Å². The summed E-state index contributed by atoms with van der Waals surface area (Å²) in [5, 5.41) is 0.657. The van der Waals surface area contributed by atoms with Gasteiger partial charge in [0.1, 0.15) is 0 Å². The summed E-state index contributed by atoms with van der Waals surface area (Å²) in [4.78, 5) is 7.77. The van der Waals surface area contributed by atoms with E-state index in [0.717, 1.165) is 19.5 Å². The fourth-order valence-corrected chi connectivity index (χ4v) is 3.18. The molecule has 1 aliphatic heterocycles. The second kappa shape index (κ2) is 4.04. The maximum absolute atomic E-state index is 5.67. The van der Waals surface area contributed by atoms with Gasteiger partial charge in [0.2, 0.25) is 0 Å². The van der Waals surface area contributed by atoms with Gasteiger partial charge in [-0.15, -0.1) is 11.3 Å². The van der Waals surface area contributed by atoms with E-state index >= 15 is 0 Å². The number of hydrogen-bond acceptors (Lipinski definition) is 4. The second-order valence-corrected chi connectivity index (χ2v) is 5.57. The lowest BCUT2D eigenvalue weighted by Crippen LogP contribution is -2.19. The van der Waals surface area contributed by atoms with Crippen molar-refractivity contribution >= 4 is 22.2 Å². The van der Waals surface area contributed by atoms with Crippen LogP contribution in [-0.4, -0.2) is 11.5 Å². The molecular weight excluding hydrogens is 230 g/mol. The van der Waals surface area contributed by atoms with Gasteiger partial charge in [0, 0.05) is 23.3 Å². The quantitative estimate of drug-likeness (QED) is 0.884. The fraction of sp³-hybridized carbons (Fsp3) is 0.308. The third-order valence-electron chi connectivity index (χ3n) is 3.21. The van der Waals surface area contributed by atoms with E-state index in [1.165, 1.54) is 21.7 Å². The predicted octanol–water partition coefficient (Wildman–Crippen LogP) is 2.60. The number of anilines is 2. The fourth-order valence-electron chi connectivity index (χ4n) is 2.48. The van der Waals surface area contributed by atoms with Crippen LogP contribution < -0.4 is 10.6 Å². The van der Waals surface area contributed by atoms with Gasteiger partial charge in [0.15, 0.2) is 5.13 Å². The molecule has 0 saturated heterocycles. The van der Waals surface area contributed by atoms with Crippen LogP contribution in [0.2, 0.25) is 0 Å². The Hall–Kier alpha value is -1.55. The van der Waals surface area contributed by atoms with Crippen molar-refractivity contribution in [3.05, 3.63) is 40.4 Å². The van der Waals surface area contributed by atoms with E-state index in [1.807, 2.05) is 6.20 Å². The van der Waals surface area contributed by atoms with E-state index in [1.54, 1.807) is 11.3 Å². The molecule has 0 fully saturated rings. The lowest BCUT2D eigenvalue weighted by atomic mass is 10.1. The van der Waals surface area contributed by atoms with E-state index in [4.69, 9.17) is 5.73 Å². The number of nitrogens with zero attached hydrogens (tertiary/aromatic N) is 2. The molecule has 3 nitrogen and oxygen atoms in total. The SMILES string of the molecule is Cc1cccc2c1N(Cc1cnc(N)s1)CC2. The summed E-state index contributed by atoms with van der Waals surface area (Å²) < 4.78 is 0. The molecule has 0 bridgehead atoms. The minimum atomic E-state index is 0.657. The van der Waals surface area contributed by atoms with Crippen LogP contribution in [0.4, 0.5) is 10.8 Å². The summed E-state index contributed by atoms with van der Waals surface area (Å²) in [6.45, 7) is 4.20. The van der Waals surface area contributed by atoms with Gasteiger partial charge in [-0.2, -0.15) is 0 Å². The number of thiazole rings is 1. The van der Waals surface area contributed by atoms with Gasteiger partial charge in [0.05, 0.1) is 6.54 Å². The van der Waals surface area contributed by atoms with Gasteiger partial charge in [-0.1, -0.05) is 18.2 Å². The van der Waals surface area contributed by atoms with Crippen LogP contribution in [0, 0.1) is 6.92 Å². The van der Waals surface area contributed by atoms with E-state index in [-0.39, 0.29) is 0 Å². The summed E-state index contributed by atoms with van der Waals surface area (Å²) in [6.07, 6.45) is 3.03. The van der Waals surface area contributed by atoms with Gasteiger partial charge in [-0.3, -0.25) is 0 Å². The zero-order chi connectivity index (χ0) is 11.8. The van der Waals surface area contributed by atoms with Crippen molar-refractivity contribution in [3.8, 4) is 0 Å². The molecule has 0 unspecified atom stereocenters. The number of aryl methyl sites for hydroxylation is 1. The monoisotopic (exact) mass is 245 g/mol. The number of para-hydroxylation sites is 1. The van der Waals surface area contributed by atoms with Crippen LogP contribution in [0.25, 0.3) is 0 Å². The highest BCUT2D eigenvalue weighted by atomic mass is 32.1. The van der Waals surface area contributed by atoms with Crippen molar-refractivity contribution in [3.63, 3.8) is 0 Å². The normalized spacial score (nSPS) is 14.1. The first kappa shape index (κ1) is 10.6. The van der Waals surface area contributed by atoms with Crippen LogP contribution in [0.1, 0.15) is 16.0 Å². The Morgan fingerprint density at radius 3 is 3.12 bits per heavy atom. The summed E-state index contributed by atoms with van der Waals surface area (Å²) >= 11 is 1.58. The standard InChI is InChI=1S/C13H15N3S/c1-9-3-2-4-10-5-6-16(12(9)10)8-11-7-15-13(14)17-11/h2-4,7H,5-6,8H2,1H3,(H2,14,15). The van der Waals surface area contributed by atoms with Gasteiger partial charge in [-0.25, -0.2) is 4.98 Å². The minimum Gasteiger partial charge on any atom is -0.375 e. The number of fused-ring (bicyclic) bond motifs is 1. The van der Waals surface area contributed by atoms with Crippen LogP contribution >= 0.6 is 11.3 Å². The lowest BCUT2D eigenvalue weighted by Gasteiger charge is -2.20. The van der Waals surface area contributed by atoms with Crippen LogP contribution in [0.15, 0.2) is 24.4 Å². The van der Waals surface area contributed by atoms with E-state index in [2.05, 4.69) is 35.0 Å². The molecular formula is C13H15N3S. The molecule has 88 valence electrons. The number of aromatic nitrogens is 1. The zero-order valence-electron chi connectivity index (χ0n) is 9.81. The first-order chi connectivity index (χ1) is 8.24. The molecule has 1 aromatic heterocycles. The summed E-state index contributed by atoms with van der Waals surface area (Å²) in [5.41, 5.74) is 9.89. The molecule has 4 heteroatoms. The molecule has 0 radical (unpaired) electrons. The van der Waals surface area contributed by atoms with Crippen LogP contribution in [0.5, 0.6) is 0 Å². The topological polar surface area (TPSA) is 42.2 Å². The van der Waals surface area contributed by atoms with E-state index in [9.17, 15) is 0 Å². The Morgan fingerprint density at radius 2 is 2.35 bits per heavy atom. The smallest absolute Gasteiger partial charge is 0.180 e. The van der Waals surface area contributed by atoms with Crippen molar-refractivity contribution in [2.75, 3.05) is 17.2 Å². The molecule has 2 aromatic rings. The first-order valence-corrected chi connectivity index (χ1v) is 6.59. The average Bonchev–Trinajstić information content (AvgIpc) is 2.88. The van der Waals surface area contributed by atoms with Crippen molar-refractivity contribution in [2.24, 2.45) is 0 Å². The molecule has 0 atom stereocenters. The number of rotatable bonds is 2. The zero-order valence-corrected chi connectivity index (χ0v) is 10.6. The highest BCUT2D eigenvalue weighted by Gasteiger charge is 2.21. The van der Waals surface area contributed by atoms with E-state index < -0.39 is 0 Å². The molecule has 1 aromatic carbocycles. The average molecular weight is 245 g/mol. The molecule has 17 heavy (non-hydrogen) atoms. The minimum absolute atomic E-state index is 0.657. The number of nitrogen functional groups attached to an aromatic ring is 1. The number of nitrogens with two attached hydrogens (primary N) is 1. The Kier molecular flexibility index (Phi) is 2.52. The van der Waals surface area contributed by atoms with Crippen molar-refractivity contribution in [1.29, 1.82) is 0 Å². The largest absolute Gasteiger partial charge is 0.375 e. The molecule has 2 N–H and O–H groups in total. The second-order valence-electron chi connectivity index (χ2n) is 4.42. The van der Waals surface area contributed by atoms with Crippen molar-refractivity contribution < 1.29 is 0 Å². The first-order valence-electron chi connectivity index (χ1n) is 5.77. The maximum atomic E-state index is 5.67. The predicted molar refractivity (Wildman–Crippen MR) is 72.5 cm³/mol. The Labute approximate surface area is 105 Å². The molecule has 0 spiro atoms. The molecule has 3 rings (SSSR count). The molecule has 1 aliphatic rings. The van der Waals surface area contributed by atoms with Crippen LogP contribution in [-0.2, 0) is 13.0 Å². The lowest BCUT2D eigenvalue weighted by molar-refractivity contribution is 0.842. The Bertz CT molecular complexity index is 547. The summed E-state index contributed by atoms with van der Waals surface area (Å²) in [6, 6.07) is 6.55. The van der Waals surface area contributed by atoms with Crippen molar-refractivity contribution in [2.45, 2.75) is 19.9 Å². The third-order valence-corrected chi connectivity index (χ3v) is 4.02. The van der Waals surface area contributed by atoms with Crippen molar-refractivity contribution in [1.82, 2.24) is 4.98 Å². The Morgan fingerprint density at radius 1 is 1.47 bits per heavy atom. The summed E-state index contributed by atoms with van der Waals surface area (Å²) in [7, 11) is 0. The molecule has 0 aliphatic carbocycles. The van der Waals surface area contributed by atoms with Gasteiger partial charge in [-0.05, 0) is 24.5 Å². The maximum Gasteiger partial charge on any atom is 0.180 e. The van der Waals surface area contributed by atoms with Gasteiger partial charge in [0.25, 0.3) is 0 Å². The Balaban J connectivity index is 1.89. The number of hydrogen-bond donors (Lipinski definition) is 1. The molecule has 2 heterocycles. The van der Waals surface area contributed by atoms with Gasteiger partial charge >= 0.3 is 0 Å². The highest BCUT2D eigenvalue weighted by molar-refractivity contribution is 7.15.